The number of ether oxygens (including phenoxy) is 2. The first-order valence-electron chi connectivity index (χ1n) is 26.6. The number of rotatable bonds is 39. The molecule has 0 unspecified atom stereocenters. The first-order chi connectivity index (χ1) is 31.4. The first-order valence-corrected chi connectivity index (χ1v) is 26.6. The van der Waals surface area contributed by atoms with Crippen molar-refractivity contribution in [2.24, 2.45) is 0 Å². The van der Waals surface area contributed by atoms with Crippen LogP contribution in [0.2, 0.25) is 0 Å². The second-order valence-corrected chi connectivity index (χ2v) is 17.7. The van der Waals surface area contributed by atoms with Crippen LogP contribution in [0, 0.1) is 11.8 Å². The van der Waals surface area contributed by atoms with Crippen LogP contribution in [0.25, 0.3) is 0 Å². The molecular formula is C57H104O7. The van der Waals surface area contributed by atoms with Gasteiger partial charge in [-0.1, -0.05) is 159 Å². The number of hydrogen-bond donors (Lipinski definition) is 5. The monoisotopic (exact) mass is 901 g/mol. The molecule has 7 nitrogen and oxygen atoms in total. The molecule has 1 fully saturated rings. The van der Waals surface area contributed by atoms with Gasteiger partial charge in [0.2, 0.25) is 0 Å². The van der Waals surface area contributed by atoms with Crippen LogP contribution in [0.3, 0.4) is 0 Å². The van der Waals surface area contributed by atoms with E-state index < -0.39 is 0 Å². The average Bonchev–Trinajstić information content (AvgIpc) is 4.13. The van der Waals surface area contributed by atoms with E-state index in [4.69, 9.17) is 19.7 Å². The maximum Gasteiger partial charge on any atom is 0.0809 e. The van der Waals surface area contributed by atoms with Gasteiger partial charge in [0, 0.05) is 32.7 Å². The molecule has 0 aliphatic carbocycles. The largest absolute Gasteiger partial charge is 0.396 e. The van der Waals surface area contributed by atoms with Gasteiger partial charge in [0.1, 0.15) is 0 Å². The van der Waals surface area contributed by atoms with E-state index in [2.05, 4.69) is 76.0 Å². The lowest BCUT2D eigenvalue weighted by Crippen LogP contribution is -2.10. The summed E-state index contributed by atoms with van der Waals surface area (Å²) >= 11 is 0. The van der Waals surface area contributed by atoms with Crippen LogP contribution >= 0.6 is 0 Å². The zero-order chi connectivity index (χ0) is 47.2. The van der Waals surface area contributed by atoms with Crippen LogP contribution in [-0.2, 0) is 16.1 Å². The zero-order valence-electron chi connectivity index (χ0n) is 42.2. The quantitative estimate of drug-likeness (QED) is 0.0193. The number of hydrogen-bond acceptors (Lipinski definition) is 7. The van der Waals surface area contributed by atoms with E-state index in [0.717, 1.165) is 83.7 Å². The van der Waals surface area contributed by atoms with Crippen LogP contribution in [0.4, 0.5) is 0 Å². The lowest BCUT2D eigenvalue weighted by atomic mass is 10.1. The van der Waals surface area contributed by atoms with Gasteiger partial charge in [0.05, 0.1) is 37.6 Å². The van der Waals surface area contributed by atoms with Crippen LogP contribution in [0.1, 0.15) is 239 Å². The van der Waals surface area contributed by atoms with Gasteiger partial charge < -0.3 is 35.0 Å². The van der Waals surface area contributed by atoms with Crippen molar-refractivity contribution in [3.63, 3.8) is 0 Å². The van der Waals surface area contributed by atoms with Gasteiger partial charge in [0.25, 0.3) is 0 Å². The zero-order valence-corrected chi connectivity index (χ0v) is 42.2. The number of benzene rings is 1. The van der Waals surface area contributed by atoms with E-state index in [-0.39, 0.29) is 31.5 Å². The Morgan fingerprint density at radius 1 is 0.531 bits per heavy atom. The minimum Gasteiger partial charge on any atom is -0.396 e. The van der Waals surface area contributed by atoms with E-state index in [9.17, 15) is 15.3 Å². The Kier molecular flexibility index (Phi) is 55.4. The van der Waals surface area contributed by atoms with Gasteiger partial charge in [-0.05, 0) is 121 Å². The molecule has 0 saturated carbocycles. The minimum absolute atomic E-state index is 0.0920. The highest BCUT2D eigenvalue weighted by Gasteiger charge is 2.19. The van der Waals surface area contributed by atoms with E-state index in [0.29, 0.717) is 32.2 Å². The average molecular weight is 901 g/mol. The van der Waals surface area contributed by atoms with Gasteiger partial charge in [-0.2, -0.15) is 0 Å². The van der Waals surface area contributed by atoms with E-state index in [1.165, 1.54) is 121 Å². The lowest BCUT2D eigenvalue weighted by Gasteiger charge is -2.10. The Bertz CT molecular complexity index is 1090. The molecule has 1 saturated heterocycles. The molecule has 1 aromatic rings. The van der Waals surface area contributed by atoms with E-state index in [1.807, 2.05) is 18.2 Å². The summed E-state index contributed by atoms with van der Waals surface area (Å²) in [6.07, 6.45) is 44.8. The molecule has 0 amide bonds. The summed E-state index contributed by atoms with van der Waals surface area (Å²) in [6.45, 7) is 11.3. The Hall–Kier alpha value is -2.02. The van der Waals surface area contributed by atoms with Crippen LogP contribution < -0.4 is 0 Å². The van der Waals surface area contributed by atoms with Crippen molar-refractivity contribution in [2.45, 2.75) is 264 Å². The molecule has 1 heterocycles. The molecule has 4 atom stereocenters. The fraction of sp³-hybridized carbons (Fsp3) is 0.789. The van der Waals surface area contributed by atoms with Crippen molar-refractivity contribution >= 4 is 0 Å². The molecule has 2 rings (SSSR count). The summed E-state index contributed by atoms with van der Waals surface area (Å²) in [5.41, 5.74) is 1.18. The Labute approximate surface area is 396 Å². The number of epoxide rings is 1. The third-order valence-electron chi connectivity index (χ3n) is 11.1. The fourth-order valence-corrected chi connectivity index (χ4v) is 6.83. The number of aliphatic hydroxyl groups excluding tert-OH is 5. The third-order valence-corrected chi connectivity index (χ3v) is 11.1. The van der Waals surface area contributed by atoms with E-state index >= 15 is 0 Å². The lowest BCUT2D eigenvalue weighted by molar-refractivity contribution is 0.0690. The number of unbranched alkanes of at least 4 members (excludes halogenated alkanes) is 18. The van der Waals surface area contributed by atoms with Crippen LogP contribution in [0.15, 0.2) is 54.6 Å². The van der Waals surface area contributed by atoms with Crippen molar-refractivity contribution in [3.05, 3.63) is 60.2 Å². The molecule has 64 heavy (non-hydrogen) atoms. The molecule has 1 aromatic carbocycles. The molecule has 1 aliphatic rings. The van der Waals surface area contributed by atoms with Gasteiger partial charge in [-0.25, -0.2) is 0 Å². The summed E-state index contributed by atoms with van der Waals surface area (Å²) in [7, 11) is 0. The predicted octanol–water partition coefficient (Wildman–Crippen LogP) is 14.3. The van der Waals surface area contributed by atoms with Crippen LogP contribution in [0.5, 0.6) is 0 Å². The molecular weight excluding hydrogens is 797 g/mol. The SMILES string of the molecule is CCCCCCC#CCCCC[C@@H](O)CCOCc1ccccc1.CCCCCCC/C=C\CCC[C@@H](O)CCO.CCCCCCC/C=C\CCC[C@@H](O)CCO.CCC[C@H]1CO1. The summed E-state index contributed by atoms with van der Waals surface area (Å²) in [5.74, 6) is 6.51. The van der Waals surface area contributed by atoms with Gasteiger partial charge in [-0.3, -0.25) is 0 Å². The molecule has 1 aliphatic heterocycles. The highest BCUT2D eigenvalue weighted by Crippen LogP contribution is 2.14. The van der Waals surface area contributed by atoms with Crippen molar-refractivity contribution in [2.75, 3.05) is 26.4 Å². The number of aliphatic hydroxyl groups is 5. The van der Waals surface area contributed by atoms with E-state index in [1.54, 1.807) is 0 Å². The third kappa shape index (κ3) is 56.1. The summed E-state index contributed by atoms with van der Waals surface area (Å²) in [4.78, 5) is 0. The normalized spacial score (nSPS) is 14.4. The van der Waals surface area contributed by atoms with Gasteiger partial charge in [0.15, 0.2) is 0 Å². The molecule has 374 valence electrons. The summed E-state index contributed by atoms with van der Waals surface area (Å²) in [5, 5.41) is 46.0. The topological polar surface area (TPSA) is 123 Å². The molecule has 0 radical (unpaired) electrons. The Balaban J connectivity index is 0. The molecule has 0 aromatic heterocycles. The Morgan fingerprint density at radius 2 is 0.953 bits per heavy atom. The standard InChI is InChI=1S/C22H34O2.2C15H30O2.C5H10O/c1-2-3-4-5-6-7-8-9-10-14-17-22(23)18-19-24-20-21-15-12-11-13-16-21;2*1-2-3-4-5-6-7-8-9-10-11-12-15(17)13-14-16;1-2-3-5-4-6-5/h11-13,15-16,22-23H,2-6,9-10,14,17-20H2,1H3;2*8-9,15-17H,2-7,10-14H2,1H3;5H,2-4H2,1H3/b;2*9-8-;/t22-;2*15-;5-/m1110/s1. The second-order valence-electron chi connectivity index (χ2n) is 17.7. The molecule has 5 N–H and O–H groups in total. The number of allylic oxidation sites excluding steroid dienone is 4. The van der Waals surface area contributed by atoms with Gasteiger partial charge in [-0.15, -0.1) is 11.8 Å². The minimum atomic E-state index is -0.317. The maximum atomic E-state index is 9.95. The summed E-state index contributed by atoms with van der Waals surface area (Å²) in [6, 6.07) is 10.1. The second kappa shape index (κ2) is 55.3. The van der Waals surface area contributed by atoms with Crippen molar-refractivity contribution in [1.82, 2.24) is 0 Å². The maximum absolute atomic E-state index is 9.95. The smallest absolute Gasteiger partial charge is 0.0809 e. The molecule has 0 bridgehead atoms. The van der Waals surface area contributed by atoms with Crippen LogP contribution in [-0.4, -0.2) is 76.4 Å². The molecule has 7 heteroatoms. The Morgan fingerprint density at radius 3 is 1.39 bits per heavy atom. The van der Waals surface area contributed by atoms with Crippen molar-refractivity contribution in [3.8, 4) is 11.8 Å². The van der Waals surface area contributed by atoms with Crippen molar-refractivity contribution in [1.29, 1.82) is 0 Å². The van der Waals surface area contributed by atoms with Crippen molar-refractivity contribution < 1.29 is 35.0 Å². The molecule has 0 spiro atoms. The predicted molar refractivity (Wildman–Crippen MR) is 275 cm³/mol. The fourth-order valence-electron chi connectivity index (χ4n) is 6.83. The summed E-state index contributed by atoms with van der Waals surface area (Å²) < 4.78 is 10.6. The highest BCUT2D eigenvalue weighted by atomic mass is 16.6. The first kappa shape index (κ1) is 64.1. The highest BCUT2D eigenvalue weighted by molar-refractivity contribution is 5.13. The van der Waals surface area contributed by atoms with Gasteiger partial charge >= 0.3 is 0 Å².